The Morgan fingerprint density at radius 3 is 2.43 bits per heavy atom. The molecule has 0 aliphatic rings. The van der Waals surface area contributed by atoms with Crippen molar-refractivity contribution in [3.8, 4) is 11.3 Å². The molecular weight excluding hydrogens is 380 g/mol. The maximum Gasteiger partial charge on any atom is 0.220 e. The number of hydrogen-bond donors (Lipinski definition) is 0. The fraction of sp³-hybridized carbons (Fsp3) is 0.259. The highest BCUT2D eigenvalue weighted by atomic mass is 28.3. The summed E-state index contributed by atoms with van der Waals surface area (Å²) in [5, 5.41) is 5.25. The Balaban J connectivity index is 1.90. The summed E-state index contributed by atoms with van der Waals surface area (Å²) in [6.45, 7) is 11.5. The summed E-state index contributed by atoms with van der Waals surface area (Å²) in [5.41, 5.74) is 5.31. The fourth-order valence-electron chi connectivity index (χ4n) is 4.23. The topological polar surface area (TPSA) is 16.8 Å². The number of hydrogen-bond acceptors (Lipinski definition) is 1. The Morgan fingerprint density at radius 2 is 1.73 bits per heavy atom. The number of pyridine rings is 2. The third kappa shape index (κ3) is 3.59. The second-order valence-corrected chi connectivity index (χ2v) is 13.5. The Morgan fingerprint density at radius 1 is 0.933 bits per heavy atom. The van der Waals surface area contributed by atoms with Gasteiger partial charge in [0.2, 0.25) is 5.69 Å². The summed E-state index contributed by atoms with van der Waals surface area (Å²) in [7, 11) is 0.314. The molecule has 30 heavy (non-hydrogen) atoms. The van der Waals surface area contributed by atoms with Crippen molar-refractivity contribution < 1.29 is 4.57 Å². The van der Waals surface area contributed by atoms with Gasteiger partial charge in [-0.3, -0.25) is 4.98 Å². The summed E-state index contributed by atoms with van der Waals surface area (Å²) in [6.07, 6.45) is 4.10. The first kappa shape index (κ1) is 20.5. The molecule has 4 rings (SSSR count). The van der Waals surface area contributed by atoms with Crippen LogP contribution in [0.15, 0.2) is 73.1 Å². The maximum absolute atomic E-state index is 4.68. The molecule has 0 bridgehead atoms. The van der Waals surface area contributed by atoms with Crippen LogP contribution in [-0.4, -0.2) is 13.1 Å². The minimum absolute atomic E-state index is 0.515. The molecule has 0 spiro atoms. The first-order valence-corrected chi connectivity index (χ1v) is 13.7. The highest BCUT2D eigenvalue weighted by Gasteiger charge is 2.28. The van der Waals surface area contributed by atoms with Gasteiger partial charge in [-0.2, -0.15) is 0 Å². The van der Waals surface area contributed by atoms with Crippen LogP contribution in [0.5, 0.6) is 0 Å². The molecule has 2 nitrogen and oxygen atoms in total. The molecule has 2 aromatic heterocycles. The van der Waals surface area contributed by atoms with E-state index in [0.29, 0.717) is 5.92 Å². The molecule has 152 valence electrons. The van der Waals surface area contributed by atoms with Gasteiger partial charge in [-0.05, 0) is 53.6 Å². The van der Waals surface area contributed by atoms with E-state index in [1.165, 1.54) is 43.7 Å². The van der Waals surface area contributed by atoms with Crippen molar-refractivity contribution >= 4 is 29.4 Å². The Labute approximate surface area is 181 Å². The van der Waals surface area contributed by atoms with Crippen molar-refractivity contribution in [3.63, 3.8) is 0 Å². The third-order valence-electron chi connectivity index (χ3n) is 6.35. The van der Waals surface area contributed by atoms with Gasteiger partial charge >= 0.3 is 0 Å². The van der Waals surface area contributed by atoms with Gasteiger partial charge < -0.3 is 0 Å². The van der Waals surface area contributed by atoms with E-state index < -0.39 is 8.07 Å². The number of aromatic nitrogens is 2. The third-order valence-corrected chi connectivity index (χ3v) is 9.68. The van der Waals surface area contributed by atoms with E-state index >= 15 is 0 Å². The van der Waals surface area contributed by atoms with Crippen LogP contribution >= 0.6 is 0 Å². The van der Waals surface area contributed by atoms with Gasteiger partial charge in [0.1, 0.15) is 15.1 Å². The average Bonchev–Trinajstić information content (AvgIpc) is 2.74. The Hall–Kier alpha value is -2.78. The first-order chi connectivity index (χ1) is 14.3. The SMILES string of the molecule is Cc1ccc(C(C)C)cc1-c1c2ccc([Si](C)(C)c3ccccn3)cc2cc[n+]1C. The van der Waals surface area contributed by atoms with Crippen molar-refractivity contribution in [1.82, 2.24) is 4.98 Å². The van der Waals surface area contributed by atoms with E-state index in [1.54, 1.807) is 0 Å². The molecule has 2 heterocycles. The molecule has 0 aliphatic carbocycles. The molecule has 0 aliphatic heterocycles. The normalized spacial score (nSPS) is 12.0. The zero-order chi connectivity index (χ0) is 21.5. The Kier molecular flexibility index (Phi) is 5.33. The number of aryl methyl sites for hydroxylation is 2. The van der Waals surface area contributed by atoms with Gasteiger partial charge in [-0.25, -0.2) is 4.57 Å². The quantitative estimate of drug-likeness (QED) is 0.342. The average molecular weight is 412 g/mol. The zero-order valence-corrected chi connectivity index (χ0v) is 19.9. The smallest absolute Gasteiger partial charge is 0.220 e. The molecule has 2 aromatic carbocycles. The van der Waals surface area contributed by atoms with Crippen LogP contribution in [0.25, 0.3) is 22.0 Å². The molecule has 3 heteroatoms. The van der Waals surface area contributed by atoms with Gasteiger partial charge in [0.05, 0.1) is 5.39 Å². The van der Waals surface area contributed by atoms with Crippen molar-refractivity contribution in [2.24, 2.45) is 7.05 Å². The molecule has 4 aromatic rings. The lowest BCUT2D eigenvalue weighted by Crippen LogP contribution is -2.54. The lowest BCUT2D eigenvalue weighted by atomic mass is 9.94. The van der Waals surface area contributed by atoms with Crippen molar-refractivity contribution in [2.75, 3.05) is 0 Å². The minimum atomic E-state index is -1.84. The summed E-state index contributed by atoms with van der Waals surface area (Å²) >= 11 is 0. The van der Waals surface area contributed by atoms with Crippen LogP contribution in [0.2, 0.25) is 13.1 Å². The predicted octanol–water partition coefficient (Wildman–Crippen LogP) is 4.98. The molecule has 0 saturated heterocycles. The number of nitrogens with zero attached hydrogens (tertiary/aromatic N) is 2. The summed E-state index contributed by atoms with van der Waals surface area (Å²) < 4.78 is 2.26. The van der Waals surface area contributed by atoms with Gasteiger partial charge in [-0.15, -0.1) is 0 Å². The second kappa shape index (κ2) is 7.80. The number of fused-ring (bicyclic) bond motifs is 1. The van der Waals surface area contributed by atoms with Crippen molar-refractivity contribution in [3.05, 3.63) is 84.2 Å². The lowest BCUT2D eigenvalue weighted by molar-refractivity contribution is -0.659. The summed E-state index contributed by atoms with van der Waals surface area (Å²) in [6, 6.07) is 22.4. The van der Waals surface area contributed by atoms with Crippen molar-refractivity contribution in [1.29, 1.82) is 0 Å². The summed E-state index contributed by atoms with van der Waals surface area (Å²) in [4.78, 5) is 4.68. The largest absolute Gasteiger partial charge is 0.266 e. The van der Waals surface area contributed by atoms with Gasteiger partial charge in [0, 0.05) is 23.1 Å². The molecule has 0 unspecified atom stereocenters. The van der Waals surface area contributed by atoms with Crippen LogP contribution in [0.4, 0.5) is 0 Å². The van der Waals surface area contributed by atoms with Crippen molar-refractivity contribution in [2.45, 2.75) is 39.8 Å². The van der Waals surface area contributed by atoms with Crippen LogP contribution in [0, 0.1) is 6.92 Å². The predicted molar refractivity (Wildman–Crippen MR) is 130 cm³/mol. The van der Waals surface area contributed by atoms with E-state index in [2.05, 4.69) is 111 Å². The minimum Gasteiger partial charge on any atom is -0.266 e. The fourth-order valence-corrected chi connectivity index (χ4v) is 6.45. The number of benzene rings is 2. The lowest BCUT2D eigenvalue weighted by Gasteiger charge is -2.22. The molecule has 0 radical (unpaired) electrons. The van der Waals surface area contributed by atoms with Crippen LogP contribution in [-0.2, 0) is 7.05 Å². The zero-order valence-electron chi connectivity index (χ0n) is 18.9. The Bertz CT molecular complexity index is 1210. The highest BCUT2D eigenvalue weighted by Crippen LogP contribution is 2.30. The van der Waals surface area contributed by atoms with Gasteiger partial charge in [-0.1, -0.05) is 62.5 Å². The maximum atomic E-state index is 4.68. The highest BCUT2D eigenvalue weighted by molar-refractivity contribution is 7.00. The van der Waals surface area contributed by atoms with E-state index in [1.807, 2.05) is 12.3 Å². The molecular formula is C27H31N2Si+. The standard InChI is InChI=1S/C27H31N2Si/c1-19(2)21-11-10-20(3)25(18-21)27-24-13-12-23(17-22(24)14-16-29(27)4)30(5,6)26-9-7-8-15-28-26/h7-19H,1-6H3/q+1. The molecule has 0 N–H and O–H groups in total. The second-order valence-electron chi connectivity index (χ2n) is 9.15. The monoisotopic (exact) mass is 411 g/mol. The van der Waals surface area contributed by atoms with Crippen LogP contribution in [0.3, 0.4) is 0 Å². The van der Waals surface area contributed by atoms with Gasteiger partial charge in [0.25, 0.3) is 0 Å². The molecule has 0 atom stereocenters. The molecule has 0 fully saturated rings. The van der Waals surface area contributed by atoms with Crippen LogP contribution in [0.1, 0.15) is 30.9 Å². The number of rotatable bonds is 4. The first-order valence-electron chi connectivity index (χ1n) is 10.7. The summed E-state index contributed by atoms with van der Waals surface area (Å²) in [5.74, 6) is 0.515. The molecule has 0 amide bonds. The van der Waals surface area contributed by atoms with E-state index in [9.17, 15) is 0 Å². The van der Waals surface area contributed by atoms with E-state index in [0.717, 1.165) is 0 Å². The molecule has 0 saturated carbocycles. The van der Waals surface area contributed by atoms with Crippen LogP contribution < -0.4 is 15.1 Å². The van der Waals surface area contributed by atoms with E-state index in [-0.39, 0.29) is 0 Å². The van der Waals surface area contributed by atoms with E-state index in [4.69, 9.17) is 0 Å². The van der Waals surface area contributed by atoms with Gasteiger partial charge in [0.15, 0.2) is 6.20 Å².